The summed E-state index contributed by atoms with van der Waals surface area (Å²) in [7, 11) is 0. The predicted octanol–water partition coefficient (Wildman–Crippen LogP) is 1.42. The Hall–Kier alpha value is -1.39. The SMILES string of the molecule is CC(C)(C)OC(=O)[C@@H](O)[C@@H](O)c1ccccc1. The first-order chi connectivity index (χ1) is 7.81. The molecule has 0 saturated carbocycles. The molecule has 2 atom stereocenters. The van der Waals surface area contributed by atoms with E-state index >= 15 is 0 Å². The van der Waals surface area contributed by atoms with E-state index in [0.717, 1.165) is 0 Å². The molecule has 94 valence electrons. The second-order valence-corrected chi connectivity index (χ2v) is 4.83. The van der Waals surface area contributed by atoms with E-state index in [1.165, 1.54) is 0 Å². The number of hydrogen-bond donors (Lipinski definition) is 2. The average Bonchev–Trinajstić information content (AvgIpc) is 2.26. The summed E-state index contributed by atoms with van der Waals surface area (Å²) >= 11 is 0. The van der Waals surface area contributed by atoms with Crippen LogP contribution in [0.4, 0.5) is 0 Å². The molecule has 0 amide bonds. The van der Waals surface area contributed by atoms with Gasteiger partial charge in [-0.05, 0) is 26.3 Å². The number of esters is 1. The summed E-state index contributed by atoms with van der Waals surface area (Å²) in [6.45, 7) is 5.10. The molecule has 0 bridgehead atoms. The van der Waals surface area contributed by atoms with Crippen molar-refractivity contribution in [3.8, 4) is 0 Å². The summed E-state index contributed by atoms with van der Waals surface area (Å²) in [5.41, 5.74) is -0.208. The van der Waals surface area contributed by atoms with E-state index in [0.29, 0.717) is 5.56 Å². The van der Waals surface area contributed by atoms with Gasteiger partial charge in [0.2, 0.25) is 0 Å². The molecule has 2 N–H and O–H groups in total. The molecule has 4 nitrogen and oxygen atoms in total. The molecular weight excluding hydrogens is 220 g/mol. The summed E-state index contributed by atoms with van der Waals surface area (Å²) in [5, 5.41) is 19.5. The van der Waals surface area contributed by atoms with Crippen LogP contribution in [0.1, 0.15) is 32.4 Å². The van der Waals surface area contributed by atoms with Crippen molar-refractivity contribution in [3.05, 3.63) is 35.9 Å². The molecule has 0 heterocycles. The van der Waals surface area contributed by atoms with Gasteiger partial charge in [-0.1, -0.05) is 30.3 Å². The van der Waals surface area contributed by atoms with E-state index in [4.69, 9.17) is 4.74 Å². The summed E-state index contributed by atoms with van der Waals surface area (Å²) in [4.78, 5) is 11.5. The normalized spacial score (nSPS) is 15.1. The first kappa shape index (κ1) is 13.7. The fraction of sp³-hybridized carbons (Fsp3) is 0.462. The average molecular weight is 238 g/mol. The predicted molar refractivity (Wildman–Crippen MR) is 63.3 cm³/mol. The lowest BCUT2D eigenvalue weighted by Gasteiger charge is -2.23. The van der Waals surface area contributed by atoms with Crippen LogP contribution in [-0.2, 0) is 9.53 Å². The van der Waals surface area contributed by atoms with Crippen LogP contribution >= 0.6 is 0 Å². The highest BCUT2D eigenvalue weighted by atomic mass is 16.6. The van der Waals surface area contributed by atoms with Gasteiger partial charge in [-0.25, -0.2) is 4.79 Å². The minimum Gasteiger partial charge on any atom is -0.458 e. The summed E-state index contributed by atoms with van der Waals surface area (Å²) in [6, 6.07) is 8.51. The summed E-state index contributed by atoms with van der Waals surface area (Å²) in [5.74, 6) is -0.825. The third-order valence-electron chi connectivity index (χ3n) is 2.09. The van der Waals surface area contributed by atoms with Crippen molar-refractivity contribution in [3.63, 3.8) is 0 Å². The topological polar surface area (TPSA) is 66.8 Å². The summed E-state index contributed by atoms with van der Waals surface area (Å²) in [6.07, 6.45) is -2.84. The van der Waals surface area contributed by atoms with Crippen molar-refractivity contribution in [2.45, 2.75) is 38.6 Å². The number of carbonyl (C=O) groups is 1. The molecule has 0 spiro atoms. The Kier molecular flexibility index (Phi) is 4.26. The summed E-state index contributed by atoms with van der Waals surface area (Å²) < 4.78 is 4.99. The molecule has 1 rings (SSSR count). The highest BCUT2D eigenvalue weighted by molar-refractivity contribution is 5.75. The number of hydrogen-bond acceptors (Lipinski definition) is 4. The fourth-order valence-electron chi connectivity index (χ4n) is 1.32. The second kappa shape index (κ2) is 5.29. The van der Waals surface area contributed by atoms with Crippen molar-refractivity contribution in [2.75, 3.05) is 0 Å². The highest BCUT2D eigenvalue weighted by Gasteiger charge is 2.29. The molecule has 0 fully saturated rings. The Balaban J connectivity index is 2.70. The minimum absolute atomic E-state index is 0.478. The van der Waals surface area contributed by atoms with Crippen LogP contribution in [0.15, 0.2) is 30.3 Å². The Morgan fingerprint density at radius 2 is 1.71 bits per heavy atom. The number of ether oxygens (including phenoxy) is 1. The Morgan fingerprint density at radius 3 is 2.18 bits per heavy atom. The van der Waals surface area contributed by atoms with E-state index in [1.54, 1.807) is 51.1 Å². The number of aliphatic hydroxyl groups excluding tert-OH is 2. The van der Waals surface area contributed by atoms with Crippen LogP contribution in [0.2, 0.25) is 0 Å². The first-order valence-electron chi connectivity index (χ1n) is 5.45. The minimum atomic E-state index is -1.57. The molecule has 0 aliphatic carbocycles. The molecule has 0 aliphatic rings. The molecule has 0 aromatic heterocycles. The van der Waals surface area contributed by atoms with Gasteiger partial charge in [0, 0.05) is 0 Å². The number of aliphatic hydroxyl groups is 2. The lowest BCUT2D eigenvalue weighted by molar-refractivity contribution is -0.171. The number of carbonyl (C=O) groups excluding carboxylic acids is 1. The number of rotatable bonds is 3. The molecular formula is C13H18O4. The van der Waals surface area contributed by atoms with Crippen molar-refractivity contribution < 1.29 is 19.7 Å². The van der Waals surface area contributed by atoms with Crippen LogP contribution in [0.3, 0.4) is 0 Å². The quantitative estimate of drug-likeness (QED) is 0.782. The molecule has 0 radical (unpaired) electrons. The molecule has 4 heteroatoms. The van der Waals surface area contributed by atoms with Gasteiger partial charge < -0.3 is 14.9 Å². The van der Waals surface area contributed by atoms with Crippen LogP contribution in [-0.4, -0.2) is 27.9 Å². The molecule has 0 saturated heterocycles. The lowest BCUT2D eigenvalue weighted by atomic mass is 10.0. The van der Waals surface area contributed by atoms with E-state index in [1.807, 2.05) is 0 Å². The van der Waals surface area contributed by atoms with E-state index < -0.39 is 23.8 Å². The van der Waals surface area contributed by atoms with Crippen LogP contribution in [0, 0.1) is 0 Å². The first-order valence-corrected chi connectivity index (χ1v) is 5.45. The lowest BCUT2D eigenvalue weighted by Crippen LogP contribution is -2.35. The van der Waals surface area contributed by atoms with Gasteiger partial charge in [-0.2, -0.15) is 0 Å². The molecule has 1 aromatic carbocycles. The van der Waals surface area contributed by atoms with Gasteiger partial charge in [0.25, 0.3) is 0 Å². The molecule has 1 aromatic rings. The molecule has 17 heavy (non-hydrogen) atoms. The zero-order valence-corrected chi connectivity index (χ0v) is 10.3. The van der Waals surface area contributed by atoms with E-state index in [9.17, 15) is 15.0 Å². The fourth-order valence-corrected chi connectivity index (χ4v) is 1.32. The maximum absolute atomic E-state index is 11.5. The van der Waals surface area contributed by atoms with Crippen LogP contribution < -0.4 is 0 Å². The van der Waals surface area contributed by atoms with Crippen molar-refractivity contribution in [1.29, 1.82) is 0 Å². The van der Waals surface area contributed by atoms with E-state index in [-0.39, 0.29) is 0 Å². The van der Waals surface area contributed by atoms with Crippen LogP contribution in [0.25, 0.3) is 0 Å². The largest absolute Gasteiger partial charge is 0.458 e. The maximum Gasteiger partial charge on any atom is 0.338 e. The Bertz CT molecular complexity index is 367. The third kappa shape index (κ3) is 4.17. The van der Waals surface area contributed by atoms with Gasteiger partial charge in [0.05, 0.1) is 0 Å². The van der Waals surface area contributed by atoms with Gasteiger partial charge in [-0.3, -0.25) is 0 Å². The van der Waals surface area contributed by atoms with Gasteiger partial charge >= 0.3 is 5.97 Å². The Labute approximate surface area is 101 Å². The van der Waals surface area contributed by atoms with Gasteiger partial charge in [0.15, 0.2) is 6.10 Å². The zero-order chi connectivity index (χ0) is 13.1. The second-order valence-electron chi connectivity index (χ2n) is 4.83. The number of benzene rings is 1. The third-order valence-corrected chi connectivity index (χ3v) is 2.09. The highest BCUT2D eigenvalue weighted by Crippen LogP contribution is 2.19. The monoisotopic (exact) mass is 238 g/mol. The van der Waals surface area contributed by atoms with Crippen molar-refractivity contribution in [2.24, 2.45) is 0 Å². The smallest absolute Gasteiger partial charge is 0.338 e. The zero-order valence-electron chi connectivity index (χ0n) is 10.3. The molecule has 0 unspecified atom stereocenters. The standard InChI is InChI=1S/C13H18O4/c1-13(2,3)17-12(16)11(15)10(14)9-7-5-4-6-8-9/h4-8,10-11,14-15H,1-3H3/t10-,11-/m0/s1. The van der Waals surface area contributed by atoms with Crippen molar-refractivity contribution >= 4 is 5.97 Å². The Morgan fingerprint density at radius 1 is 1.18 bits per heavy atom. The van der Waals surface area contributed by atoms with Crippen LogP contribution in [0.5, 0.6) is 0 Å². The molecule has 0 aliphatic heterocycles. The van der Waals surface area contributed by atoms with E-state index in [2.05, 4.69) is 0 Å². The van der Waals surface area contributed by atoms with Gasteiger partial charge in [-0.15, -0.1) is 0 Å². The van der Waals surface area contributed by atoms with Crippen molar-refractivity contribution in [1.82, 2.24) is 0 Å². The maximum atomic E-state index is 11.5. The van der Waals surface area contributed by atoms with Gasteiger partial charge in [0.1, 0.15) is 11.7 Å².